The van der Waals surface area contributed by atoms with Gasteiger partial charge in [0, 0.05) is 11.4 Å². The molecule has 92 valence electrons. The average molecular weight is 249 g/mol. The molecule has 0 amide bonds. The van der Waals surface area contributed by atoms with Crippen LogP contribution in [0.25, 0.3) is 0 Å². The van der Waals surface area contributed by atoms with E-state index in [9.17, 15) is 0 Å². The average Bonchev–Trinajstić information content (AvgIpc) is 2.28. The summed E-state index contributed by atoms with van der Waals surface area (Å²) in [7, 11) is 0. The van der Waals surface area contributed by atoms with Crippen LogP contribution in [-0.4, -0.2) is 21.4 Å². The zero-order valence-electron chi connectivity index (χ0n) is 10.6. The van der Waals surface area contributed by atoms with Gasteiger partial charge in [0.05, 0.1) is 17.8 Å². The Morgan fingerprint density at radius 1 is 1.41 bits per heavy atom. The molecule has 0 spiro atoms. The lowest BCUT2D eigenvalue weighted by Gasteiger charge is -2.25. The molecule has 1 aromatic heterocycles. The fraction of sp³-hybridized carbons (Fsp3) is 0.538. The number of thioether (sulfide) groups is 1. The van der Waals surface area contributed by atoms with E-state index in [4.69, 9.17) is 0 Å². The number of hydrogen-bond acceptors (Lipinski definition) is 4. The Kier molecular flexibility index (Phi) is 4.05. The van der Waals surface area contributed by atoms with Crippen molar-refractivity contribution in [2.45, 2.75) is 44.5 Å². The lowest BCUT2D eigenvalue weighted by molar-refractivity contribution is 0.639. The number of aromatic nitrogens is 1. The van der Waals surface area contributed by atoms with E-state index in [1.54, 1.807) is 0 Å². The van der Waals surface area contributed by atoms with Gasteiger partial charge in [0.25, 0.3) is 0 Å². The monoisotopic (exact) mass is 249 g/mol. The highest BCUT2D eigenvalue weighted by Gasteiger charge is 2.19. The predicted octanol–water partition coefficient (Wildman–Crippen LogP) is 3.00. The molecule has 0 aromatic carbocycles. The summed E-state index contributed by atoms with van der Waals surface area (Å²) in [6.07, 6.45) is 2.99. The Morgan fingerprint density at radius 2 is 2.24 bits per heavy atom. The third kappa shape index (κ3) is 3.46. The highest BCUT2D eigenvalue weighted by atomic mass is 32.2. The largest absolute Gasteiger partial charge is 0.357 e. The molecule has 4 heteroatoms. The Labute approximate surface area is 107 Å². The van der Waals surface area contributed by atoms with E-state index in [2.05, 4.69) is 36.1 Å². The van der Waals surface area contributed by atoms with Gasteiger partial charge in [0.2, 0.25) is 0 Å². The molecule has 3 unspecified atom stereocenters. The summed E-state index contributed by atoms with van der Waals surface area (Å²) < 4.78 is 0. The minimum atomic E-state index is 0.208. The molecule has 0 bridgehead atoms. The molecule has 0 saturated carbocycles. The van der Waals surface area contributed by atoms with Crippen LogP contribution in [0, 0.1) is 0 Å². The summed E-state index contributed by atoms with van der Waals surface area (Å²) in [6.45, 7) is 6.54. The van der Waals surface area contributed by atoms with Crippen molar-refractivity contribution in [1.29, 1.82) is 0 Å². The highest BCUT2D eigenvalue weighted by molar-refractivity contribution is 8.14. The Hall–Kier alpha value is -1.03. The summed E-state index contributed by atoms with van der Waals surface area (Å²) in [4.78, 5) is 8.99. The molecule has 0 fully saturated rings. The maximum atomic E-state index is 4.64. The molecule has 0 aliphatic carbocycles. The van der Waals surface area contributed by atoms with Crippen molar-refractivity contribution < 1.29 is 0 Å². The first-order valence-electron chi connectivity index (χ1n) is 6.07. The Balaban J connectivity index is 2.02. The quantitative estimate of drug-likeness (QED) is 0.875. The van der Waals surface area contributed by atoms with Gasteiger partial charge in [0.1, 0.15) is 0 Å². The Morgan fingerprint density at radius 3 is 2.88 bits per heavy atom. The molecule has 17 heavy (non-hydrogen) atoms. The van der Waals surface area contributed by atoms with Crippen LogP contribution in [0.1, 0.15) is 38.9 Å². The number of nitrogens with zero attached hydrogens (tertiary/aromatic N) is 2. The number of amidine groups is 1. The van der Waals surface area contributed by atoms with Gasteiger partial charge in [-0.15, -0.1) is 0 Å². The molecular weight excluding hydrogens is 230 g/mol. The Bertz CT molecular complexity index is 391. The van der Waals surface area contributed by atoms with Crippen LogP contribution in [0.3, 0.4) is 0 Å². The maximum absolute atomic E-state index is 4.64. The normalized spacial score (nSPS) is 26.2. The number of nitrogens with one attached hydrogen (secondary N) is 1. The van der Waals surface area contributed by atoms with Crippen molar-refractivity contribution in [3.05, 3.63) is 30.1 Å². The predicted molar refractivity (Wildman–Crippen MR) is 74.4 cm³/mol. The summed E-state index contributed by atoms with van der Waals surface area (Å²) in [6, 6.07) is 6.62. The van der Waals surface area contributed by atoms with E-state index in [1.807, 2.05) is 36.2 Å². The lowest BCUT2D eigenvalue weighted by atomic mass is 10.2. The maximum Gasteiger partial charge on any atom is 0.157 e. The van der Waals surface area contributed by atoms with Crippen LogP contribution in [0.2, 0.25) is 0 Å². The van der Waals surface area contributed by atoms with Gasteiger partial charge in [0.15, 0.2) is 5.17 Å². The zero-order valence-corrected chi connectivity index (χ0v) is 11.4. The van der Waals surface area contributed by atoms with Gasteiger partial charge < -0.3 is 5.32 Å². The van der Waals surface area contributed by atoms with E-state index in [-0.39, 0.29) is 6.04 Å². The fourth-order valence-corrected chi connectivity index (χ4v) is 3.21. The molecule has 1 aliphatic heterocycles. The van der Waals surface area contributed by atoms with Gasteiger partial charge in [-0.1, -0.05) is 24.8 Å². The standard InChI is InChI=1S/C13H19N3S/c1-9-8-10(2)17-13(15-9)16-11(3)12-6-4-5-7-14-12/h4-7,9-11H,8H2,1-3H3,(H,15,16). The molecule has 1 aromatic rings. The van der Waals surface area contributed by atoms with Gasteiger partial charge in [-0.25, -0.2) is 0 Å². The minimum Gasteiger partial charge on any atom is -0.357 e. The number of pyridine rings is 1. The van der Waals surface area contributed by atoms with Crippen molar-refractivity contribution in [1.82, 2.24) is 10.3 Å². The summed E-state index contributed by atoms with van der Waals surface area (Å²) in [5.41, 5.74) is 1.06. The third-order valence-corrected chi connectivity index (χ3v) is 3.84. The van der Waals surface area contributed by atoms with E-state index >= 15 is 0 Å². The molecule has 2 rings (SSSR count). The lowest BCUT2D eigenvalue weighted by Crippen LogP contribution is -2.31. The highest BCUT2D eigenvalue weighted by Crippen LogP contribution is 2.25. The SMILES string of the molecule is CC1CC(C)SC(NC(C)c2ccccn2)=N1. The second-order valence-corrected chi connectivity index (χ2v) is 6.00. The van der Waals surface area contributed by atoms with Gasteiger partial charge >= 0.3 is 0 Å². The molecule has 1 N–H and O–H groups in total. The first-order chi connectivity index (χ1) is 8.15. The van der Waals surface area contributed by atoms with E-state index in [0.717, 1.165) is 17.3 Å². The molecule has 1 aliphatic rings. The molecule has 3 atom stereocenters. The number of aliphatic imine (C=N–C) groups is 1. The van der Waals surface area contributed by atoms with E-state index in [0.29, 0.717) is 11.3 Å². The smallest absolute Gasteiger partial charge is 0.157 e. The van der Waals surface area contributed by atoms with Crippen molar-refractivity contribution >= 4 is 16.9 Å². The minimum absolute atomic E-state index is 0.208. The van der Waals surface area contributed by atoms with E-state index < -0.39 is 0 Å². The zero-order chi connectivity index (χ0) is 12.3. The third-order valence-electron chi connectivity index (χ3n) is 2.79. The van der Waals surface area contributed by atoms with Gasteiger partial charge in [-0.2, -0.15) is 0 Å². The van der Waals surface area contributed by atoms with Crippen LogP contribution < -0.4 is 5.32 Å². The van der Waals surface area contributed by atoms with Crippen molar-refractivity contribution in [3.8, 4) is 0 Å². The number of rotatable bonds is 2. The van der Waals surface area contributed by atoms with Crippen LogP contribution in [-0.2, 0) is 0 Å². The first-order valence-corrected chi connectivity index (χ1v) is 6.95. The van der Waals surface area contributed by atoms with Crippen LogP contribution >= 0.6 is 11.8 Å². The van der Waals surface area contributed by atoms with E-state index in [1.165, 1.54) is 0 Å². The second-order valence-electron chi connectivity index (χ2n) is 4.57. The summed E-state index contributed by atoms with van der Waals surface area (Å²) in [5, 5.41) is 5.14. The van der Waals surface area contributed by atoms with Crippen molar-refractivity contribution in [2.75, 3.05) is 0 Å². The van der Waals surface area contributed by atoms with Crippen molar-refractivity contribution in [3.63, 3.8) is 0 Å². The molecule has 0 radical (unpaired) electrons. The van der Waals surface area contributed by atoms with Crippen LogP contribution in [0.4, 0.5) is 0 Å². The van der Waals surface area contributed by atoms with Gasteiger partial charge in [-0.05, 0) is 32.4 Å². The van der Waals surface area contributed by atoms with Crippen LogP contribution in [0.5, 0.6) is 0 Å². The summed E-state index contributed by atoms with van der Waals surface area (Å²) >= 11 is 1.82. The van der Waals surface area contributed by atoms with Crippen LogP contribution in [0.15, 0.2) is 29.4 Å². The number of hydrogen-bond donors (Lipinski definition) is 1. The molecule has 0 saturated heterocycles. The second kappa shape index (κ2) is 5.54. The van der Waals surface area contributed by atoms with Gasteiger partial charge in [-0.3, -0.25) is 9.98 Å². The first kappa shape index (κ1) is 12.4. The summed E-state index contributed by atoms with van der Waals surface area (Å²) in [5.74, 6) is 0. The molecule has 3 nitrogen and oxygen atoms in total. The molecular formula is C13H19N3S. The van der Waals surface area contributed by atoms with Crippen molar-refractivity contribution in [2.24, 2.45) is 4.99 Å². The fourth-order valence-electron chi connectivity index (χ4n) is 1.96. The molecule has 2 heterocycles. The topological polar surface area (TPSA) is 37.3 Å².